The van der Waals surface area contributed by atoms with E-state index in [9.17, 15) is 0 Å². The zero-order chi connectivity index (χ0) is 22.9. The molecule has 1 saturated heterocycles. The Bertz CT molecular complexity index is 999. The van der Waals surface area contributed by atoms with Crippen molar-refractivity contribution in [3.63, 3.8) is 0 Å². The van der Waals surface area contributed by atoms with Crippen molar-refractivity contribution in [2.45, 2.75) is 58.3 Å². The average molecular weight is 446 g/mol. The van der Waals surface area contributed by atoms with Crippen LogP contribution in [0.3, 0.4) is 0 Å². The molecule has 0 saturated carbocycles. The fourth-order valence-electron chi connectivity index (χ4n) is 4.74. The summed E-state index contributed by atoms with van der Waals surface area (Å²) in [4.78, 5) is 9.65. The third kappa shape index (κ3) is 6.23. The SMILES string of the molecule is C=Cc1ccc2ncc(-c3ccc(N4CCN(CCCCCCCCCC)CC4)cc3)n2n1. The predicted octanol–water partition coefficient (Wildman–Crippen LogP) is 6.30. The Labute approximate surface area is 199 Å². The van der Waals surface area contributed by atoms with Crippen molar-refractivity contribution in [1.29, 1.82) is 0 Å². The van der Waals surface area contributed by atoms with Crippen molar-refractivity contribution < 1.29 is 0 Å². The smallest absolute Gasteiger partial charge is 0.154 e. The molecule has 0 spiro atoms. The van der Waals surface area contributed by atoms with Gasteiger partial charge >= 0.3 is 0 Å². The van der Waals surface area contributed by atoms with Crippen LogP contribution in [-0.4, -0.2) is 52.2 Å². The summed E-state index contributed by atoms with van der Waals surface area (Å²) in [5.74, 6) is 0. The van der Waals surface area contributed by atoms with Crippen LogP contribution in [0.5, 0.6) is 0 Å². The van der Waals surface area contributed by atoms with Crippen LogP contribution in [0.1, 0.15) is 64.0 Å². The molecule has 3 heterocycles. The second-order valence-electron chi connectivity index (χ2n) is 9.23. The Morgan fingerprint density at radius 1 is 0.848 bits per heavy atom. The van der Waals surface area contributed by atoms with Gasteiger partial charge in [0.2, 0.25) is 0 Å². The first-order chi connectivity index (χ1) is 16.3. The lowest BCUT2D eigenvalue weighted by atomic mass is 10.1. The maximum Gasteiger partial charge on any atom is 0.154 e. The van der Waals surface area contributed by atoms with Crippen LogP contribution in [0.15, 0.2) is 49.2 Å². The van der Waals surface area contributed by atoms with Crippen LogP contribution in [0.4, 0.5) is 5.69 Å². The molecule has 1 aromatic carbocycles. The summed E-state index contributed by atoms with van der Waals surface area (Å²) in [6, 6.07) is 12.8. The lowest BCUT2D eigenvalue weighted by molar-refractivity contribution is 0.252. The number of nitrogens with zero attached hydrogens (tertiary/aromatic N) is 5. The predicted molar refractivity (Wildman–Crippen MR) is 140 cm³/mol. The zero-order valence-electron chi connectivity index (χ0n) is 20.3. The largest absolute Gasteiger partial charge is 0.369 e. The summed E-state index contributed by atoms with van der Waals surface area (Å²) in [7, 11) is 0. The van der Waals surface area contributed by atoms with Crippen molar-refractivity contribution in [1.82, 2.24) is 19.5 Å². The summed E-state index contributed by atoms with van der Waals surface area (Å²) in [6.07, 6.45) is 14.8. The van der Waals surface area contributed by atoms with E-state index in [1.165, 1.54) is 76.7 Å². The Morgan fingerprint density at radius 2 is 1.55 bits per heavy atom. The van der Waals surface area contributed by atoms with E-state index in [1.54, 1.807) is 6.08 Å². The molecule has 0 atom stereocenters. The summed E-state index contributed by atoms with van der Waals surface area (Å²) < 4.78 is 1.90. The highest BCUT2D eigenvalue weighted by Gasteiger charge is 2.17. The third-order valence-corrected chi connectivity index (χ3v) is 6.82. The maximum absolute atomic E-state index is 4.62. The monoisotopic (exact) mass is 445 g/mol. The first-order valence-corrected chi connectivity index (χ1v) is 12.8. The minimum atomic E-state index is 0.850. The van der Waals surface area contributed by atoms with Gasteiger partial charge in [0.25, 0.3) is 0 Å². The van der Waals surface area contributed by atoms with Crippen molar-refractivity contribution in [3.05, 3.63) is 54.9 Å². The number of hydrogen-bond acceptors (Lipinski definition) is 4. The fraction of sp³-hybridized carbons (Fsp3) is 0.500. The van der Waals surface area contributed by atoms with Crippen molar-refractivity contribution >= 4 is 17.4 Å². The minimum absolute atomic E-state index is 0.850. The van der Waals surface area contributed by atoms with Crippen LogP contribution in [0.2, 0.25) is 0 Å². The molecule has 0 amide bonds. The molecular weight excluding hydrogens is 406 g/mol. The number of hydrogen-bond donors (Lipinski definition) is 0. The second kappa shape index (κ2) is 12.0. The normalized spacial score (nSPS) is 14.8. The van der Waals surface area contributed by atoms with Gasteiger partial charge in [-0.05, 0) is 43.3 Å². The van der Waals surface area contributed by atoms with E-state index in [2.05, 4.69) is 57.7 Å². The van der Waals surface area contributed by atoms with Crippen LogP contribution >= 0.6 is 0 Å². The van der Waals surface area contributed by atoms with Gasteiger partial charge in [0.05, 0.1) is 17.6 Å². The molecule has 0 N–H and O–H groups in total. The molecule has 0 aliphatic carbocycles. The number of benzene rings is 1. The van der Waals surface area contributed by atoms with Crippen LogP contribution < -0.4 is 4.90 Å². The average Bonchev–Trinajstić information content (AvgIpc) is 3.29. The molecule has 2 aromatic heterocycles. The van der Waals surface area contributed by atoms with Gasteiger partial charge in [0.15, 0.2) is 5.65 Å². The lowest BCUT2D eigenvalue weighted by Gasteiger charge is -2.36. The van der Waals surface area contributed by atoms with E-state index in [0.29, 0.717) is 0 Å². The summed E-state index contributed by atoms with van der Waals surface area (Å²) in [6.45, 7) is 11.9. The van der Waals surface area contributed by atoms with E-state index >= 15 is 0 Å². The molecule has 5 heteroatoms. The maximum atomic E-state index is 4.62. The quantitative estimate of drug-likeness (QED) is 0.306. The van der Waals surface area contributed by atoms with E-state index in [4.69, 9.17) is 0 Å². The first kappa shape index (κ1) is 23.5. The van der Waals surface area contributed by atoms with Gasteiger partial charge in [0, 0.05) is 37.4 Å². The fourth-order valence-corrected chi connectivity index (χ4v) is 4.74. The Balaban J connectivity index is 1.23. The van der Waals surface area contributed by atoms with Gasteiger partial charge in [-0.1, -0.05) is 70.6 Å². The Morgan fingerprint density at radius 3 is 2.24 bits per heavy atom. The highest BCUT2D eigenvalue weighted by molar-refractivity contribution is 5.66. The van der Waals surface area contributed by atoms with Gasteiger partial charge in [-0.15, -0.1) is 0 Å². The van der Waals surface area contributed by atoms with Gasteiger partial charge < -0.3 is 4.90 Å². The molecule has 5 nitrogen and oxygen atoms in total. The van der Waals surface area contributed by atoms with E-state index in [-0.39, 0.29) is 0 Å². The number of fused-ring (bicyclic) bond motifs is 1. The molecule has 33 heavy (non-hydrogen) atoms. The van der Waals surface area contributed by atoms with Crippen molar-refractivity contribution in [3.8, 4) is 11.3 Å². The summed E-state index contributed by atoms with van der Waals surface area (Å²) in [5.41, 5.74) is 5.15. The van der Waals surface area contributed by atoms with Crippen LogP contribution in [0.25, 0.3) is 23.0 Å². The molecule has 0 unspecified atom stereocenters. The van der Waals surface area contributed by atoms with Crippen LogP contribution in [-0.2, 0) is 0 Å². The van der Waals surface area contributed by atoms with Gasteiger partial charge in [-0.25, -0.2) is 9.50 Å². The Hall–Kier alpha value is -2.66. The van der Waals surface area contributed by atoms with E-state index < -0.39 is 0 Å². The number of unbranched alkanes of at least 4 members (excludes halogenated alkanes) is 7. The van der Waals surface area contributed by atoms with Crippen LogP contribution in [0, 0.1) is 0 Å². The van der Waals surface area contributed by atoms with Gasteiger partial charge in [-0.3, -0.25) is 4.90 Å². The summed E-state index contributed by atoms with van der Waals surface area (Å²) >= 11 is 0. The standard InChI is InChI=1S/C28H39N5/c1-3-5-6-7-8-9-10-11-18-31-19-21-32(22-20-31)26-15-12-24(13-16-26)27-23-29-28-17-14-25(4-2)30-33(27)28/h4,12-17,23H,2-3,5-11,18-22H2,1H3. The number of piperazine rings is 1. The molecule has 0 bridgehead atoms. The Kier molecular flexibility index (Phi) is 8.53. The number of anilines is 1. The third-order valence-electron chi connectivity index (χ3n) is 6.82. The van der Waals surface area contributed by atoms with Crippen molar-refractivity contribution in [2.75, 3.05) is 37.6 Å². The van der Waals surface area contributed by atoms with Crippen molar-refractivity contribution in [2.24, 2.45) is 0 Å². The zero-order valence-corrected chi connectivity index (χ0v) is 20.3. The van der Waals surface area contributed by atoms with E-state index in [0.717, 1.165) is 35.7 Å². The molecular formula is C28H39N5. The van der Waals surface area contributed by atoms with E-state index in [1.807, 2.05) is 22.8 Å². The van der Waals surface area contributed by atoms with Gasteiger partial charge in [-0.2, -0.15) is 5.10 Å². The topological polar surface area (TPSA) is 36.7 Å². The number of imidazole rings is 1. The number of aromatic nitrogens is 3. The van der Waals surface area contributed by atoms with Gasteiger partial charge in [0.1, 0.15) is 0 Å². The highest BCUT2D eigenvalue weighted by Crippen LogP contribution is 2.25. The number of rotatable bonds is 12. The molecule has 0 radical (unpaired) electrons. The summed E-state index contributed by atoms with van der Waals surface area (Å²) in [5, 5.41) is 4.62. The second-order valence-corrected chi connectivity index (χ2v) is 9.23. The molecule has 176 valence electrons. The highest BCUT2D eigenvalue weighted by atomic mass is 15.3. The molecule has 4 rings (SSSR count). The first-order valence-electron chi connectivity index (χ1n) is 12.8. The molecule has 1 aliphatic heterocycles. The minimum Gasteiger partial charge on any atom is -0.369 e. The lowest BCUT2D eigenvalue weighted by Crippen LogP contribution is -2.46. The molecule has 1 aliphatic rings. The molecule has 1 fully saturated rings. The molecule has 3 aromatic rings.